The second-order valence-corrected chi connectivity index (χ2v) is 7.40. The molecule has 0 fully saturated rings. The average Bonchev–Trinajstić information content (AvgIpc) is 2.77. The Balaban J connectivity index is 0.00000363. The van der Waals surface area contributed by atoms with E-state index in [0.717, 1.165) is 16.7 Å². The fraction of sp³-hybridized carbons (Fsp3) is 0. The molecule has 0 aliphatic rings. The molecule has 0 atom stereocenters. The zero-order chi connectivity index (χ0) is 21.9. The first-order valence-corrected chi connectivity index (χ1v) is 10.2. The van der Waals surface area contributed by atoms with Crippen molar-refractivity contribution < 1.29 is 0 Å². The maximum absolute atomic E-state index is 5.89. The van der Waals surface area contributed by atoms with Crippen LogP contribution in [0.2, 0.25) is 15.1 Å². The summed E-state index contributed by atoms with van der Waals surface area (Å²) in [5.41, 5.74) is 8.14. The largest absolute Gasteiger partial charge is 0.257 e. The SMILES string of the molecule is Cl.Clc1ccc(/C=N/N=C(N/N=C/c2ccc(Cl)cc2)N/N=C/c2ccc(Cl)cc2)cc1. The van der Waals surface area contributed by atoms with Gasteiger partial charge in [-0.15, -0.1) is 17.5 Å². The Morgan fingerprint density at radius 3 is 1.28 bits per heavy atom. The van der Waals surface area contributed by atoms with Gasteiger partial charge in [0.2, 0.25) is 0 Å². The van der Waals surface area contributed by atoms with Gasteiger partial charge in [-0.05, 0) is 53.1 Å². The lowest BCUT2D eigenvalue weighted by Crippen LogP contribution is -2.30. The van der Waals surface area contributed by atoms with Crippen LogP contribution in [0.15, 0.2) is 93.2 Å². The first-order valence-electron chi connectivity index (χ1n) is 9.04. The van der Waals surface area contributed by atoms with Gasteiger partial charge >= 0.3 is 0 Å². The Kier molecular flexibility index (Phi) is 10.7. The summed E-state index contributed by atoms with van der Waals surface area (Å²) in [6, 6.07) is 21.7. The molecule has 6 nitrogen and oxygen atoms in total. The summed E-state index contributed by atoms with van der Waals surface area (Å²) in [7, 11) is 0. The van der Waals surface area contributed by atoms with Crippen LogP contribution >= 0.6 is 47.2 Å². The standard InChI is InChI=1S/C22H17Cl3N6.ClH/c23-19-7-1-16(2-8-19)13-26-29-22(30-27-14-17-3-9-20(24)10-4-17)31-28-15-18-5-11-21(25)12-6-18;/h1-15H,(H2,29,30,31);1H/b26-13+,27-14+,28-15+;. The topological polar surface area (TPSA) is 73.5 Å². The van der Waals surface area contributed by atoms with E-state index in [9.17, 15) is 0 Å². The van der Waals surface area contributed by atoms with E-state index in [1.54, 1.807) is 55.0 Å². The fourth-order valence-electron chi connectivity index (χ4n) is 2.21. The van der Waals surface area contributed by atoms with E-state index in [1.807, 2.05) is 36.4 Å². The van der Waals surface area contributed by atoms with Crippen LogP contribution in [0.1, 0.15) is 16.7 Å². The quantitative estimate of drug-likeness (QED) is 0.243. The molecule has 0 aliphatic heterocycles. The van der Waals surface area contributed by atoms with Crippen molar-refractivity contribution in [2.24, 2.45) is 20.4 Å². The van der Waals surface area contributed by atoms with Crippen LogP contribution in [0.4, 0.5) is 0 Å². The van der Waals surface area contributed by atoms with Gasteiger partial charge in [-0.1, -0.05) is 71.2 Å². The van der Waals surface area contributed by atoms with Crippen molar-refractivity contribution in [3.63, 3.8) is 0 Å². The summed E-state index contributed by atoms with van der Waals surface area (Å²) in [5.74, 6) is 0.223. The van der Waals surface area contributed by atoms with E-state index in [2.05, 4.69) is 31.3 Å². The fourth-order valence-corrected chi connectivity index (χ4v) is 2.58. The summed E-state index contributed by atoms with van der Waals surface area (Å²) >= 11 is 17.7. The van der Waals surface area contributed by atoms with Crippen LogP contribution in [0, 0.1) is 0 Å². The molecule has 0 aromatic heterocycles. The molecule has 2 N–H and O–H groups in total. The highest BCUT2D eigenvalue weighted by molar-refractivity contribution is 6.31. The number of hydrogen-bond donors (Lipinski definition) is 2. The van der Waals surface area contributed by atoms with Crippen LogP contribution in [0.3, 0.4) is 0 Å². The second kappa shape index (κ2) is 13.5. The normalized spacial score (nSPS) is 11.0. The number of halogens is 4. The van der Waals surface area contributed by atoms with Crippen molar-refractivity contribution in [3.05, 3.63) is 105 Å². The van der Waals surface area contributed by atoms with Crippen molar-refractivity contribution in [1.82, 2.24) is 10.9 Å². The van der Waals surface area contributed by atoms with Crippen molar-refractivity contribution in [2.45, 2.75) is 0 Å². The molecule has 0 radical (unpaired) electrons. The van der Waals surface area contributed by atoms with E-state index in [0.29, 0.717) is 15.1 Å². The van der Waals surface area contributed by atoms with E-state index in [1.165, 1.54) is 0 Å². The molecule has 3 aromatic rings. The molecule has 32 heavy (non-hydrogen) atoms. The molecule has 0 saturated heterocycles. The number of hydrazone groups is 2. The highest BCUT2D eigenvalue weighted by atomic mass is 35.5. The van der Waals surface area contributed by atoms with E-state index >= 15 is 0 Å². The Morgan fingerprint density at radius 2 is 0.906 bits per heavy atom. The third kappa shape index (κ3) is 9.08. The molecule has 0 spiro atoms. The molecule has 0 heterocycles. The van der Waals surface area contributed by atoms with Gasteiger partial charge in [-0.25, -0.2) is 10.9 Å². The number of nitrogens with one attached hydrogen (secondary N) is 2. The molecule has 10 heteroatoms. The summed E-state index contributed by atoms with van der Waals surface area (Å²) in [4.78, 5) is 0. The van der Waals surface area contributed by atoms with Crippen LogP contribution in [-0.4, -0.2) is 24.6 Å². The molecule has 0 unspecified atom stereocenters. The highest BCUT2D eigenvalue weighted by Crippen LogP contribution is 2.09. The second-order valence-electron chi connectivity index (χ2n) is 6.09. The minimum absolute atomic E-state index is 0. The zero-order valence-corrected chi connectivity index (χ0v) is 19.6. The summed E-state index contributed by atoms with van der Waals surface area (Å²) in [6.45, 7) is 0. The third-order valence-corrected chi connectivity index (χ3v) is 4.50. The predicted octanol–water partition coefficient (Wildman–Crippen LogP) is 6.01. The van der Waals surface area contributed by atoms with Crippen molar-refractivity contribution >= 4 is 71.8 Å². The number of rotatable bonds is 6. The minimum atomic E-state index is 0. The average molecular weight is 508 g/mol. The lowest BCUT2D eigenvalue weighted by molar-refractivity contribution is 0.890. The Labute approximate surface area is 207 Å². The molecular formula is C22H18Cl4N6. The van der Waals surface area contributed by atoms with Crippen molar-refractivity contribution in [3.8, 4) is 0 Å². The Hall–Kier alpha value is -2.90. The molecule has 0 bridgehead atoms. The maximum atomic E-state index is 5.89. The number of benzene rings is 3. The molecule has 0 saturated carbocycles. The van der Waals surface area contributed by atoms with Crippen molar-refractivity contribution in [1.29, 1.82) is 0 Å². The predicted molar refractivity (Wildman–Crippen MR) is 138 cm³/mol. The number of guanidine groups is 1. The first kappa shape index (κ1) is 25.4. The zero-order valence-electron chi connectivity index (χ0n) is 16.5. The molecule has 0 aliphatic carbocycles. The summed E-state index contributed by atoms with van der Waals surface area (Å²) in [5, 5.41) is 18.4. The van der Waals surface area contributed by atoms with Gasteiger partial charge in [-0.2, -0.15) is 15.3 Å². The van der Waals surface area contributed by atoms with Gasteiger partial charge in [0.15, 0.2) is 0 Å². The molecule has 164 valence electrons. The van der Waals surface area contributed by atoms with Gasteiger partial charge in [-0.3, -0.25) is 0 Å². The van der Waals surface area contributed by atoms with E-state index in [4.69, 9.17) is 34.8 Å². The molecule has 3 rings (SSSR count). The van der Waals surface area contributed by atoms with E-state index < -0.39 is 0 Å². The van der Waals surface area contributed by atoms with Crippen molar-refractivity contribution in [2.75, 3.05) is 0 Å². The first-order chi connectivity index (χ1) is 15.1. The monoisotopic (exact) mass is 506 g/mol. The molecule has 0 amide bonds. The smallest absolute Gasteiger partial charge is 0.244 e. The van der Waals surface area contributed by atoms with Gasteiger partial charge in [0.05, 0.1) is 18.6 Å². The lowest BCUT2D eigenvalue weighted by atomic mass is 10.2. The Morgan fingerprint density at radius 1 is 0.562 bits per heavy atom. The van der Waals surface area contributed by atoms with Gasteiger partial charge in [0.25, 0.3) is 5.96 Å². The van der Waals surface area contributed by atoms with Gasteiger partial charge in [0, 0.05) is 15.1 Å². The van der Waals surface area contributed by atoms with E-state index in [-0.39, 0.29) is 18.4 Å². The highest BCUT2D eigenvalue weighted by Gasteiger charge is 1.96. The summed E-state index contributed by atoms with van der Waals surface area (Å²) < 4.78 is 0. The maximum Gasteiger partial charge on any atom is 0.257 e. The van der Waals surface area contributed by atoms with Crippen LogP contribution < -0.4 is 10.9 Å². The minimum Gasteiger partial charge on any atom is -0.244 e. The third-order valence-electron chi connectivity index (χ3n) is 3.74. The van der Waals surface area contributed by atoms with Crippen LogP contribution in [0.25, 0.3) is 0 Å². The van der Waals surface area contributed by atoms with Gasteiger partial charge in [0.1, 0.15) is 0 Å². The van der Waals surface area contributed by atoms with Gasteiger partial charge < -0.3 is 0 Å². The summed E-state index contributed by atoms with van der Waals surface area (Å²) in [6.07, 6.45) is 4.84. The molecule has 3 aromatic carbocycles. The van der Waals surface area contributed by atoms with Crippen LogP contribution in [-0.2, 0) is 0 Å². The number of hydrogen-bond acceptors (Lipinski definition) is 4. The van der Waals surface area contributed by atoms with Crippen LogP contribution in [0.5, 0.6) is 0 Å². The Bertz CT molecular complexity index is 1030. The lowest BCUT2D eigenvalue weighted by Gasteiger charge is -2.02. The number of nitrogens with zero attached hydrogens (tertiary/aromatic N) is 4. The molecular weight excluding hydrogens is 490 g/mol.